The lowest BCUT2D eigenvalue weighted by Crippen LogP contribution is -2.29. The molecule has 0 heterocycles. The second-order valence-electron chi connectivity index (χ2n) is 11.5. The van der Waals surface area contributed by atoms with Crippen LogP contribution in [0, 0.1) is 0 Å². The van der Waals surface area contributed by atoms with Crippen LogP contribution in [0.4, 0.5) is 4.79 Å². The average Bonchev–Trinajstić information content (AvgIpc) is 2.34. The highest BCUT2D eigenvalue weighted by molar-refractivity contribution is 7.48. The van der Waals surface area contributed by atoms with Gasteiger partial charge in [0.05, 0.1) is 22.4 Å². The largest absolute Gasteiger partial charge is 0.512 e. The van der Waals surface area contributed by atoms with E-state index < -0.39 is 56.8 Å². The highest BCUT2D eigenvalue weighted by atomic mass is 31.2. The third-order valence-corrected chi connectivity index (χ3v) is 6.82. The van der Waals surface area contributed by atoms with Crippen molar-refractivity contribution in [2.24, 2.45) is 0 Å². The van der Waals surface area contributed by atoms with Crippen molar-refractivity contribution in [3.8, 4) is 0 Å². The zero-order valence-electron chi connectivity index (χ0n) is 23.0. The summed E-state index contributed by atoms with van der Waals surface area (Å²) in [6, 6.07) is 0. The summed E-state index contributed by atoms with van der Waals surface area (Å²) in [5, 5.41) is 0. The molecule has 2 atom stereocenters. The first-order valence-electron chi connectivity index (χ1n) is 11.0. The Kier molecular flexibility index (Phi) is 11.5. The van der Waals surface area contributed by atoms with Gasteiger partial charge in [0.25, 0.3) is 0 Å². The molecule has 2 unspecified atom stereocenters. The van der Waals surface area contributed by atoms with Crippen LogP contribution < -0.4 is 0 Å². The van der Waals surface area contributed by atoms with Gasteiger partial charge in [-0.3, -0.25) is 18.1 Å². The molecule has 0 saturated heterocycles. The molecule has 34 heavy (non-hydrogen) atoms. The van der Waals surface area contributed by atoms with Crippen molar-refractivity contribution in [1.82, 2.24) is 0 Å². The molecule has 0 aromatic carbocycles. The molecule has 0 aromatic rings. The predicted octanol–water partition coefficient (Wildman–Crippen LogP) is 7.34. The van der Waals surface area contributed by atoms with Crippen molar-refractivity contribution in [3.63, 3.8) is 0 Å². The number of phosphoric ester groups is 2. The quantitative estimate of drug-likeness (QED) is 0.159. The predicted molar refractivity (Wildman–Crippen MR) is 127 cm³/mol. The van der Waals surface area contributed by atoms with Gasteiger partial charge >= 0.3 is 21.8 Å². The third kappa shape index (κ3) is 17.0. The second kappa shape index (κ2) is 11.7. The molecule has 0 fully saturated rings. The van der Waals surface area contributed by atoms with Crippen LogP contribution in [0.1, 0.15) is 96.9 Å². The standard InChI is InChI=1S/C21H44O11P2/c1-15(27-33(23,29-18(3,4)5)30-19(6,7)8)25-17(22)26-16(2)28-34(24,31-20(9,10)11)32-21(12,13)14/h15-16H,1-14H3. The summed E-state index contributed by atoms with van der Waals surface area (Å²) in [7, 11) is -8.28. The van der Waals surface area contributed by atoms with Crippen LogP contribution in [0.15, 0.2) is 0 Å². The monoisotopic (exact) mass is 534 g/mol. The highest BCUT2D eigenvalue weighted by Gasteiger charge is 2.41. The zero-order chi connectivity index (χ0) is 27.4. The van der Waals surface area contributed by atoms with E-state index in [1.807, 2.05) is 0 Å². The number of ether oxygens (including phenoxy) is 2. The molecule has 13 heteroatoms. The fourth-order valence-electron chi connectivity index (χ4n) is 2.17. The first kappa shape index (κ1) is 33.5. The van der Waals surface area contributed by atoms with E-state index in [-0.39, 0.29) is 0 Å². The van der Waals surface area contributed by atoms with Crippen molar-refractivity contribution in [3.05, 3.63) is 0 Å². The lowest BCUT2D eigenvalue weighted by molar-refractivity contribution is -0.122. The first-order chi connectivity index (χ1) is 14.7. The van der Waals surface area contributed by atoms with E-state index >= 15 is 0 Å². The molecule has 0 amide bonds. The maximum Gasteiger partial charge on any atom is 0.512 e. The fourth-order valence-corrected chi connectivity index (χ4v) is 5.91. The molecule has 11 nitrogen and oxygen atoms in total. The van der Waals surface area contributed by atoms with Gasteiger partial charge in [0, 0.05) is 0 Å². The van der Waals surface area contributed by atoms with E-state index in [1.165, 1.54) is 13.8 Å². The number of carbonyl (C=O) groups excluding carboxylic acids is 1. The number of hydrogen-bond donors (Lipinski definition) is 0. The Labute approximate surface area is 204 Å². The van der Waals surface area contributed by atoms with Crippen LogP contribution in [-0.2, 0) is 45.7 Å². The van der Waals surface area contributed by atoms with Crippen LogP contribution in [0.3, 0.4) is 0 Å². The number of carbonyl (C=O) groups is 1. The summed E-state index contributed by atoms with van der Waals surface area (Å²) >= 11 is 0. The number of phosphoric acid groups is 2. The number of rotatable bonds is 10. The molecule has 0 N–H and O–H groups in total. The van der Waals surface area contributed by atoms with Gasteiger partial charge in [0.15, 0.2) is 0 Å². The molecule has 0 aliphatic heterocycles. The molecule has 0 aliphatic rings. The Morgan fingerprint density at radius 1 is 0.529 bits per heavy atom. The minimum atomic E-state index is -4.14. The van der Waals surface area contributed by atoms with Gasteiger partial charge in [-0.25, -0.2) is 23.0 Å². The first-order valence-corrected chi connectivity index (χ1v) is 13.9. The minimum Gasteiger partial charge on any atom is -0.404 e. The molecule has 0 radical (unpaired) electrons. The Hall–Kier alpha value is -0.510. The highest BCUT2D eigenvalue weighted by Crippen LogP contribution is 2.57. The normalized spacial score (nSPS) is 16.2. The fraction of sp³-hybridized carbons (Fsp3) is 0.952. The van der Waals surface area contributed by atoms with Gasteiger partial charge in [0.2, 0.25) is 12.6 Å². The van der Waals surface area contributed by atoms with Crippen molar-refractivity contribution < 1.29 is 50.5 Å². The maximum atomic E-state index is 13.1. The smallest absolute Gasteiger partial charge is 0.404 e. The average molecular weight is 535 g/mol. The van der Waals surface area contributed by atoms with Crippen molar-refractivity contribution in [2.45, 2.75) is 132 Å². The Bertz CT molecular complexity index is 653. The van der Waals surface area contributed by atoms with E-state index in [2.05, 4.69) is 0 Å². The van der Waals surface area contributed by atoms with E-state index in [4.69, 9.17) is 36.6 Å². The Balaban J connectivity index is 5.24. The molecule has 204 valence electrons. The zero-order valence-corrected chi connectivity index (χ0v) is 24.8. The van der Waals surface area contributed by atoms with Crippen molar-refractivity contribution in [1.29, 1.82) is 0 Å². The van der Waals surface area contributed by atoms with E-state index in [0.29, 0.717) is 0 Å². The Morgan fingerprint density at radius 2 is 0.735 bits per heavy atom. The summed E-state index contributed by atoms with van der Waals surface area (Å²) in [6.45, 7) is 22.7. The van der Waals surface area contributed by atoms with Gasteiger partial charge in [-0.1, -0.05) is 0 Å². The van der Waals surface area contributed by atoms with Crippen molar-refractivity contribution >= 4 is 21.8 Å². The summed E-state index contributed by atoms with van der Waals surface area (Å²) in [6.07, 6.45) is -3.99. The van der Waals surface area contributed by atoms with Gasteiger partial charge in [0.1, 0.15) is 0 Å². The molecule has 0 rings (SSSR count). The molecule has 0 aliphatic carbocycles. The minimum absolute atomic E-state index is 0.870. The summed E-state index contributed by atoms with van der Waals surface area (Å²) < 4.78 is 68.8. The van der Waals surface area contributed by atoms with Gasteiger partial charge in [-0.15, -0.1) is 0 Å². The summed E-state index contributed by atoms with van der Waals surface area (Å²) in [5.74, 6) is 0. The topological polar surface area (TPSA) is 125 Å². The van der Waals surface area contributed by atoms with Crippen LogP contribution >= 0.6 is 15.6 Å². The molecular weight excluding hydrogens is 490 g/mol. The van der Waals surface area contributed by atoms with Crippen LogP contribution in [0.2, 0.25) is 0 Å². The van der Waals surface area contributed by atoms with Crippen LogP contribution in [-0.4, -0.2) is 41.1 Å². The molecular formula is C21H44O11P2. The summed E-state index contributed by atoms with van der Waals surface area (Å²) in [5.41, 5.74) is -3.48. The van der Waals surface area contributed by atoms with E-state index in [9.17, 15) is 13.9 Å². The third-order valence-electron chi connectivity index (χ3n) is 2.62. The van der Waals surface area contributed by atoms with Crippen LogP contribution in [0.5, 0.6) is 0 Å². The molecule has 0 aromatic heterocycles. The summed E-state index contributed by atoms with van der Waals surface area (Å²) in [4.78, 5) is 12.2. The van der Waals surface area contributed by atoms with E-state index in [0.717, 1.165) is 0 Å². The van der Waals surface area contributed by atoms with Crippen LogP contribution in [0.25, 0.3) is 0 Å². The molecule has 0 saturated carbocycles. The SMILES string of the molecule is CC(OC(=O)OC(C)OP(=O)(OC(C)(C)C)OC(C)(C)C)OP(=O)(OC(C)(C)C)OC(C)(C)C. The Morgan fingerprint density at radius 3 is 0.912 bits per heavy atom. The number of hydrogen-bond acceptors (Lipinski definition) is 11. The second-order valence-corrected chi connectivity index (χ2v) is 14.5. The van der Waals surface area contributed by atoms with E-state index in [1.54, 1.807) is 83.1 Å². The molecule has 0 spiro atoms. The van der Waals surface area contributed by atoms with Gasteiger partial charge in [-0.05, 0) is 96.9 Å². The maximum absolute atomic E-state index is 13.1. The lowest BCUT2D eigenvalue weighted by Gasteiger charge is -2.32. The lowest BCUT2D eigenvalue weighted by atomic mass is 10.2. The van der Waals surface area contributed by atoms with Crippen molar-refractivity contribution in [2.75, 3.05) is 0 Å². The van der Waals surface area contributed by atoms with Gasteiger partial charge in [-0.2, -0.15) is 0 Å². The van der Waals surface area contributed by atoms with Gasteiger partial charge < -0.3 is 9.47 Å². The molecule has 0 bridgehead atoms.